The third-order valence-electron chi connectivity index (χ3n) is 3.21. The van der Waals surface area contributed by atoms with Crippen molar-refractivity contribution in [1.82, 2.24) is 9.78 Å². The zero-order valence-electron chi connectivity index (χ0n) is 9.44. The maximum absolute atomic E-state index is 5.91. The number of nitrogen functional groups attached to an aromatic ring is 1. The van der Waals surface area contributed by atoms with Gasteiger partial charge in [-0.1, -0.05) is 0 Å². The molecule has 0 spiro atoms. The van der Waals surface area contributed by atoms with Gasteiger partial charge in [0.05, 0.1) is 17.8 Å². The fourth-order valence-electron chi connectivity index (χ4n) is 2.35. The van der Waals surface area contributed by atoms with Crippen molar-refractivity contribution < 1.29 is 4.74 Å². The molecule has 0 atom stereocenters. The Balaban J connectivity index is 2.04. The summed E-state index contributed by atoms with van der Waals surface area (Å²) < 4.78 is 7.32. The van der Waals surface area contributed by atoms with Crippen LogP contribution in [0.15, 0.2) is 6.07 Å². The number of rotatable bonds is 2. The molecule has 0 amide bonds. The lowest BCUT2D eigenvalue weighted by atomic mass is 9.93. The van der Waals surface area contributed by atoms with E-state index in [-0.39, 0.29) is 0 Å². The van der Waals surface area contributed by atoms with Crippen molar-refractivity contribution in [2.45, 2.75) is 44.8 Å². The van der Waals surface area contributed by atoms with Crippen LogP contribution in [0, 0.1) is 6.92 Å². The van der Waals surface area contributed by atoms with Gasteiger partial charge in [-0.15, -0.1) is 0 Å². The molecule has 1 aliphatic rings. The zero-order valence-corrected chi connectivity index (χ0v) is 9.44. The van der Waals surface area contributed by atoms with Gasteiger partial charge in [0.15, 0.2) is 0 Å². The third-order valence-corrected chi connectivity index (χ3v) is 3.21. The number of aromatic nitrogens is 2. The first kappa shape index (κ1) is 10.5. The molecule has 4 heteroatoms. The summed E-state index contributed by atoms with van der Waals surface area (Å²) in [5.74, 6) is 0.786. The molecule has 0 unspecified atom stereocenters. The van der Waals surface area contributed by atoms with E-state index in [4.69, 9.17) is 10.5 Å². The molecule has 1 aromatic rings. The fourth-order valence-corrected chi connectivity index (χ4v) is 2.35. The van der Waals surface area contributed by atoms with Gasteiger partial charge in [0.25, 0.3) is 0 Å². The van der Waals surface area contributed by atoms with Gasteiger partial charge in [-0.2, -0.15) is 5.10 Å². The number of ether oxygens (including phenoxy) is 1. The average molecular weight is 209 g/mol. The fraction of sp³-hybridized carbons (Fsp3) is 0.727. The van der Waals surface area contributed by atoms with Gasteiger partial charge in [0, 0.05) is 13.2 Å². The van der Waals surface area contributed by atoms with Crippen molar-refractivity contribution >= 4 is 5.82 Å². The van der Waals surface area contributed by atoms with E-state index in [1.165, 1.54) is 0 Å². The Labute approximate surface area is 90.4 Å². The quantitative estimate of drug-likeness (QED) is 0.809. The normalized spacial score (nSPS) is 26.8. The summed E-state index contributed by atoms with van der Waals surface area (Å²) in [7, 11) is 1.79. The molecule has 0 aromatic carbocycles. The largest absolute Gasteiger partial charge is 0.384 e. The van der Waals surface area contributed by atoms with Gasteiger partial charge in [-0.05, 0) is 32.6 Å². The van der Waals surface area contributed by atoms with Crippen LogP contribution in [0.1, 0.15) is 37.4 Å². The number of nitrogens with zero attached hydrogens (tertiary/aromatic N) is 2. The average Bonchev–Trinajstić information content (AvgIpc) is 2.58. The Morgan fingerprint density at radius 3 is 2.53 bits per heavy atom. The summed E-state index contributed by atoms with van der Waals surface area (Å²) >= 11 is 0. The van der Waals surface area contributed by atoms with E-state index in [9.17, 15) is 0 Å². The molecule has 4 nitrogen and oxygen atoms in total. The van der Waals surface area contributed by atoms with Crippen LogP contribution in [0.4, 0.5) is 5.82 Å². The van der Waals surface area contributed by atoms with Crippen LogP contribution in [0.2, 0.25) is 0 Å². The molecule has 1 aromatic heterocycles. The standard InChI is InChI=1S/C11H19N3O/c1-8-7-11(12)14(13-8)9-3-5-10(15-2)6-4-9/h7,9-10H,3-6,12H2,1-2H3. The highest BCUT2D eigenvalue weighted by molar-refractivity contribution is 5.30. The Hall–Kier alpha value is -1.03. The lowest BCUT2D eigenvalue weighted by Gasteiger charge is -2.28. The highest BCUT2D eigenvalue weighted by Gasteiger charge is 2.23. The van der Waals surface area contributed by atoms with Crippen molar-refractivity contribution in [1.29, 1.82) is 0 Å². The summed E-state index contributed by atoms with van der Waals surface area (Å²) in [5, 5.41) is 4.44. The monoisotopic (exact) mass is 209 g/mol. The van der Waals surface area contributed by atoms with Crippen LogP contribution in [0.5, 0.6) is 0 Å². The first-order valence-electron chi connectivity index (χ1n) is 5.55. The van der Waals surface area contributed by atoms with E-state index in [0.29, 0.717) is 12.1 Å². The molecule has 1 saturated carbocycles. The zero-order chi connectivity index (χ0) is 10.8. The van der Waals surface area contributed by atoms with E-state index >= 15 is 0 Å². The molecule has 15 heavy (non-hydrogen) atoms. The van der Waals surface area contributed by atoms with E-state index in [0.717, 1.165) is 37.2 Å². The summed E-state index contributed by atoms with van der Waals surface area (Å²) in [4.78, 5) is 0. The Morgan fingerprint density at radius 2 is 2.07 bits per heavy atom. The smallest absolute Gasteiger partial charge is 0.122 e. The lowest BCUT2D eigenvalue weighted by Crippen LogP contribution is -2.24. The summed E-state index contributed by atoms with van der Waals surface area (Å²) in [6, 6.07) is 2.40. The lowest BCUT2D eigenvalue weighted by molar-refractivity contribution is 0.0571. The second-order valence-electron chi connectivity index (χ2n) is 4.32. The van der Waals surface area contributed by atoms with Crippen molar-refractivity contribution in [2.75, 3.05) is 12.8 Å². The molecule has 84 valence electrons. The van der Waals surface area contributed by atoms with E-state index in [1.807, 2.05) is 17.7 Å². The number of aryl methyl sites for hydroxylation is 1. The highest BCUT2D eigenvalue weighted by Crippen LogP contribution is 2.30. The van der Waals surface area contributed by atoms with E-state index < -0.39 is 0 Å². The maximum atomic E-state index is 5.91. The van der Waals surface area contributed by atoms with Crippen LogP contribution in [-0.4, -0.2) is 23.0 Å². The number of nitrogens with two attached hydrogens (primary N) is 1. The number of hydrogen-bond acceptors (Lipinski definition) is 3. The van der Waals surface area contributed by atoms with Gasteiger partial charge in [0.1, 0.15) is 5.82 Å². The molecule has 1 heterocycles. The van der Waals surface area contributed by atoms with Crippen molar-refractivity contribution in [3.63, 3.8) is 0 Å². The minimum atomic E-state index is 0.430. The summed E-state index contributed by atoms with van der Waals surface area (Å²) in [5.41, 5.74) is 6.91. The second-order valence-corrected chi connectivity index (χ2v) is 4.32. The van der Waals surface area contributed by atoms with Crippen LogP contribution < -0.4 is 5.73 Å². The topological polar surface area (TPSA) is 53.1 Å². The van der Waals surface area contributed by atoms with Crippen LogP contribution in [0.25, 0.3) is 0 Å². The van der Waals surface area contributed by atoms with Crippen molar-refractivity contribution in [2.24, 2.45) is 0 Å². The Morgan fingerprint density at radius 1 is 1.40 bits per heavy atom. The molecule has 1 aliphatic carbocycles. The molecule has 1 fully saturated rings. The number of anilines is 1. The van der Waals surface area contributed by atoms with Gasteiger partial charge in [-0.3, -0.25) is 0 Å². The van der Waals surface area contributed by atoms with E-state index in [2.05, 4.69) is 5.10 Å². The van der Waals surface area contributed by atoms with Gasteiger partial charge < -0.3 is 10.5 Å². The number of hydrogen-bond donors (Lipinski definition) is 1. The predicted molar refractivity (Wildman–Crippen MR) is 59.7 cm³/mol. The molecular weight excluding hydrogens is 190 g/mol. The molecule has 2 N–H and O–H groups in total. The predicted octanol–water partition coefficient (Wildman–Crippen LogP) is 1.90. The van der Waals surface area contributed by atoms with E-state index in [1.54, 1.807) is 7.11 Å². The molecule has 0 radical (unpaired) electrons. The van der Waals surface area contributed by atoms with Crippen LogP contribution >= 0.6 is 0 Å². The SMILES string of the molecule is COC1CCC(n2nc(C)cc2N)CC1. The van der Waals surface area contributed by atoms with Crippen LogP contribution in [0.3, 0.4) is 0 Å². The Kier molecular flexibility index (Phi) is 2.95. The molecule has 2 rings (SSSR count). The first-order valence-corrected chi connectivity index (χ1v) is 5.55. The molecule has 0 bridgehead atoms. The minimum absolute atomic E-state index is 0.430. The van der Waals surface area contributed by atoms with Gasteiger partial charge in [0.2, 0.25) is 0 Å². The Bertz CT molecular complexity index is 327. The molecule has 0 aliphatic heterocycles. The van der Waals surface area contributed by atoms with Gasteiger partial charge in [-0.25, -0.2) is 4.68 Å². The minimum Gasteiger partial charge on any atom is -0.384 e. The summed E-state index contributed by atoms with van der Waals surface area (Å²) in [6.45, 7) is 1.98. The van der Waals surface area contributed by atoms with Crippen molar-refractivity contribution in [3.8, 4) is 0 Å². The van der Waals surface area contributed by atoms with Gasteiger partial charge >= 0.3 is 0 Å². The second kappa shape index (κ2) is 4.23. The van der Waals surface area contributed by atoms with Crippen molar-refractivity contribution in [3.05, 3.63) is 11.8 Å². The summed E-state index contributed by atoms with van der Waals surface area (Å²) in [6.07, 6.45) is 4.88. The molecule has 0 saturated heterocycles. The highest BCUT2D eigenvalue weighted by atomic mass is 16.5. The first-order chi connectivity index (χ1) is 7.20. The van der Waals surface area contributed by atoms with Crippen LogP contribution in [-0.2, 0) is 4.74 Å². The third kappa shape index (κ3) is 2.15. The molecular formula is C11H19N3O. The maximum Gasteiger partial charge on any atom is 0.122 e. The number of methoxy groups -OCH3 is 1.